The van der Waals surface area contributed by atoms with Crippen LogP contribution < -0.4 is 0 Å². The molecule has 1 aromatic heterocycles. The van der Waals surface area contributed by atoms with E-state index in [2.05, 4.69) is 5.10 Å². The van der Waals surface area contributed by atoms with Gasteiger partial charge in [-0.05, 0) is 0 Å². The van der Waals surface area contributed by atoms with Crippen LogP contribution >= 0.6 is 11.6 Å². The highest BCUT2D eigenvalue weighted by Crippen LogP contribution is 2.21. The standard InChI is InChI=1S/C8H10ClF3N2O/c1-15-5-7-6(9)4-14(13-7)3-2-8(10,11)12/h4H,2-3,5H2,1H3. The van der Waals surface area contributed by atoms with E-state index in [4.69, 9.17) is 16.3 Å². The first-order valence-corrected chi connectivity index (χ1v) is 4.57. The minimum Gasteiger partial charge on any atom is -0.378 e. The van der Waals surface area contributed by atoms with Crippen LogP contribution in [0.3, 0.4) is 0 Å². The molecular formula is C8H10ClF3N2O. The molecule has 3 nitrogen and oxygen atoms in total. The average Bonchev–Trinajstić information content (AvgIpc) is 2.44. The molecule has 86 valence electrons. The third-order valence-electron chi connectivity index (χ3n) is 1.69. The van der Waals surface area contributed by atoms with Gasteiger partial charge in [0.25, 0.3) is 0 Å². The maximum atomic E-state index is 11.9. The van der Waals surface area contributed by atoms with Crippen LogP contribution in [0.1, 0.15) is 12.1 Å². The predicted octanol–water partition coefficient (Wildman–Crippen LogP) is 2.64. The highest BCUT2D eigenvalue weighted by molar-refractivity contribution is 6.31. The Morgan fingerprint density at radius 1 is 1.53 bits per heavy atom. The molecule has 0 atom stereocenters. The van der Waals surface area contributed by atoms with Crippen molar-refractivity contribution in [3.63, 3.8) is 0 Å². The Morgan fingerprint density at radius 2 is 2.20 bits per heavy atom. The molecule has 1 rings (SSSR count). The second kappa shape index (κ2) is 4.85. The van der Waals surface area contributed by atoms with Gasteiger partial charge in [0.2, 0.25) is 0 Å². The molecule has 0 spiro atoms. The molecule has 1 aromatic rings. The van der Waals surface area contributed by atoms with Gasteiger partial charge in [-0.3, -0.25) is 4.68 Å². The fraction of sp³-hybridized carbons (Fsp3) is 0.625. The molecule has 0 bridgehead atoms. The zero-order chi connectivity index (χ0) is 11.5. The highest BCUT2D eigenvalue weighted by atomic mass is 35.5. The molecule has 0 aliphatic rings. The number of aromatic nitrogens is 2. The molecule has 0 saturated heterocycles. The van der Waals surface area contributed by atoms with Gasteiger partial charge in [0.15, 0.2) is 0 Å². The Bertz CT molecular complexity index is 324. The summed E-state index contributed by atoms with van der Waals surface area (Å²) in [5, 5.41) is 4.18. The van der Waals surface area contributed by atoms with Gasteiger partial charge < -0.3 is 4.74 Å². The van der Waals surface area contributed by atoms with Crippen molar-refractivity contribution in [3.8, 4) is 0 Å². The maximum absolute atomic E-state index is 11.9. The fourth-order valence-electron chi connectivity index (χ4n) is 1.03. The number of alkyl halides is 3. The predicted molar refractivity (Wildman–Crippen MR) is 48.6 cm³/mol. The summed E-state index contributed by atoms with van der Waals surface area (Å²) in [6.07, 6.45) is -3.74. The average molecular weight is 243 g/mol. The van der Waals surface area contributed by atoms with Crippen LogP contribution in [-0.4, -0.2) is 23.1 Å². The summed E-state index contributed by atoms with van der Waals surface area (Å²) in [6.45, 7) is -0.0369. The van der Waals surface area contributed by atoms with E-state index >= 15 is 0 Å². The Labute approximate surface area is 89.8 Å². The van der Waals surface area contributed by atoms with Crippen LogP contribution in [0.5, 0.6) is 0 Å². The van der Waals surface area contributed by atoms with E-state index in [-0.39, 0.29) is 13.2 Å². The number of aryl methyl sites for hydroxylation is 1. The third-order valence-corrected chi connectivity index (χ3v) is 2.01. The van der Waals surface area contributed by atoms with Crippen LogP contribution in [0.4, 0.5) is 13.2 Å². The van der Waals surface area contributed by atoms with Crippen LogP contribution in [0.15, 0.2) is 6.20 Å². The van der Waals surface area contributed by atoms with Crippen molar-refractivity contribution in [2.24, 2.45) is 0 Å². The van der Waals surface area contributed by atoms with Crippen molar-refractivity contribution >= 4 is 11.6 Å². The van der Waals surface area contributed by atoms with E-state index in [1.54, 1.807) is 0 Å². The van der Waals surface area contributed by atoms with Gasteiger partial charge in [-0.1, -0.05) is 11.6 Å². The van der Waals surface area contributed by atoms with Gasteiger partial charge in [-0.25, -0.2) is 0 Å². The first kappa shape index (κ1) is 12.3. The third kappa shape index (κ3) is 4.09. The van der Waals surface area contributed by atoms with Gasteiger partial charge in [0.1, 0.15) is 5.69 Å². The molecular weight excluding hydrogens is 233 g/mol. The van der Waals surface area contributed by atoms with E-state index in [1.807, 2.05) is 0 Å². The largest absolute Gasteiger partial charge is 0.390 e. The zero-order valence-corrected chi connectivity index (χ0v) is 8.77. The molecule has 0 saturated carbocycles. The molecule has 0 aliphatic carbocycles. The number of rotatable bonds is 4. The Kier molecular flexibility index (Phi) is 3.98. The molecule has 7 heteroatoms. The number of hydrogen-bond acceptors (Lipinski definition) is 2. The van der Waals surface area contributed by atoms with Crippen LogP contribution in [0.25, 0.3) is 0 Å². The van der Waals surface area contributed by atoms with Gasteiger partial charge in [0, 0.05) is 19.9 Å². The molecule has 0 aliphatic heterocycles. The second-order valence-corrected chi connectivity index (χ2v) is 3.39. The number of nitrogens with zero attached hydrogens (tertiary/aromatic N) is 2. The van der Waals surface area contributed by atoms with E-state index in [9.17, 15) is 13.2 Å². The number of halogens is 4. The van der Waals surface area contributed by atoms with Crippen LogP contribution in [-0.2, 0) is 17.9 Å². The molecule has 0 radical (unpaired) electrons. The lowest BCUT2D eigenvalue weighted by atomic mass is 10.4. The van der Waals surface area contributed by atoms with Crippen molar-refractivity contribution in [2.45, 2.75) is 25.7 Å². The molecule has 15 heavy (non-hydrogen) atoms. The minimum atomic E-state index is -4.18. The van der Waals surface area contributed by atoms with Gasteiger partial charge in [-0.2, -0.15) is 18.3 Å². The number of methoxy groups -OCH3 is 1. The molecule has 0 fully saturated rings. The Balaban J connectivity index is 2.59. The van der Waals surface area contributed by atoms with E-state index < -0.39 is 12.6 Å². The van der Waals surface area contributed by atoms with Crippen LogP contribution in [0, 0.1) is 0 Å². The topological polar surface area (TPSA) is 27.1 Å². The van der Waals surface area contributed by atoms with Crippen molar-refractivity contribution in [1.82, 2.24) is 9.78 Å². The minimum absolute atomic E-state index is 0.192. The zero-order valence-electron chi connectivity index (χ0n) is 8.01. The lowest BCUT2D eigenvalue weighted by Crippen LogP contribution is -2.12. The molecule has 1 heterocycles. The smallest absolute Gasteiger partial charge is 0.378 e. The Morgan fingerprint density at radius 3 is 2.73 bits per heavy atom. The summed E-state index contributed by atoms with van der Waals surface area (Å²) in [7, 11) is 1.46. The highest BCUT2D eigenvalue weighted by Gasteiger charge is 2.26. The summed E-state index contributed by atoms with van der Waals surface area (Å²) in [4.78, 5) is 0. The summed E-state index contributed by atoms with van der Waals surface area (Å²) in [5.74, 6) is 0. The van der Waals surface area contributed by atoms with Crippen molar-refractivity contribution in [2.75, 3.05) is 7.11 Å². The van der Waals surface area contributed by atoms with E-state index in [0.29, 0.717) is 10.7 Å². The maximum Gasteiger partial charge on any atom is 0.390 e. The van der Waals surface area contributed by atoms with Gasteiger partial charge in [0.05, 0.1) is 18.1 Å². The Hall–Kier alpha value is -0.750. The monoisotopic (exact) mass is 242 g/mol. The summed E-state index contributed by atoms with van der Waals surface area (Å²) in [6, 6.07) is 0. The molecule has 0 amide bonds. The van der Waals surface area contributed by atoms with E-state index in [1.165, 1.54) is 18.0 Å². The summed E-state index contributed by atoms with van der Waals surface area (Å²) < 4.78 is 41.6. The molecule has 0 unspecified atom stereocenters. The lowest BCUT2D eigenvalue weighted by molar-refractivity contribution is -0.137. The SMILES string of the molecule is COCc1nn(CCC(F)(F)F)cc1Cl. The first-order chi connectivity index (χ1) is 6.92. The lowest BCUT2D eigenvalue weighted by Gasteiger charge is -2.05. The normalized spacial score (nSPS) is 12.1. The van der Waals surface area contributed by atoms with Crippen LogP contribution in [0.2, 0.25) is 5.02 Å². The first-order valence-electron chi connectivity index (χ1n) is 4.20. The molecule has 0 N–H and O–H groups in total. The molecule has 0 aromatic carbocycles. The van der Waals surface area contributed by atoms with E-state index in [0.717, 1.165) is 0 Å². The van der Waals surface area contributed by atoms with Crippen molar-refractivity contribution in [1.29, 1.82) is 0 Å². The number of hydrogen-bond donors (Lipinski definition) is 0. The second-order valence-electron chi connectivity index (χ2n) is 2.98. The quantitative estimate of drug-likeness (QED) is 0.812. The van der Waals surface area contributed by atoms with Crippen molar-refractivity contribution < 1.29 is 17.9 Å². The summed E-state index contributed by atoms with van der Waals surface area (Å²) >= 11 is 5.73. The van der Waals surface area contributed by atoms with Gasteiger partial charge >= 0.3 is 6.18 Å². The number of ether oxygens (including phenoxy) is 1. The van der Waals surface area contributed by atoms with Crippen molar-refractivity contribution in [3.05, 3.63) is 16.9 Å². The summed E-state index contributed by atoms with van der Waals surface area (Å²) in [5.41, 5.74) is 0.446. The van der Waals surface area contributed by atoms with Gasteiger partial charge in [-0.15, -0.1) is 0 Å². The fourth-order valence-corrected chi connectivity index (χ4v) is 1.23.